The Hall–Kier alpha value is -1.48. The van der Waals surface area contributed by atoms with E-state index in [2.05, 4.69) is 21.8 Å². The summed E-state index contributed by atoms with van der Waals surface area (Å²) in [6.45, 7) is 4.96. The molecule has 0 bridgehead atoms. The Morgan fingerprint density at radius 2 is 2.25 bits per heavy atom. The molecule has 1 aromatic carbocycles. The Bertz CT molecular complexity index is 491. The number of aromatic nitrogens is 2. The molecule has 1 N–H and O–H groups in total. The zero-order chi connectivity index (χ0) is 11.5. The van der Waals surface area contributed by atoms with E-state index in [1.807, 2.05) is 37.4 Å². The number of halogens is 1. The number of aryl methyl sites for hydroxylation is 2. The maximum atomic E-state index is 5.92. The highest BCUT2D eigenvalue weighted by atomic mass is 35.5. The lowest BCUT2D eigenvalue weighted by atomic mass is 10.3. The molecular formula is C12H14ClN3. The zero-order valence-electron chi connectivity index (χ0n) is 9.37. The smallest absolute Gasteiger partial charge is 0.207 e. The van der Waals surface area contributed by atoms with Crippen LogP contribution in [-0.2, 0) is 6.54 Å². The molecule has 1 aromatic heterocycles. The molecule has 0 spiro atoms. The fourth-order valence-electron chi connectivity index (χ4n) is 1.58. The standard InChI is InChI=1S/C12H14ClN3/c1-3-16-8-9(2)14-12(16)15-11-6-4-5-10(13)7-11/h4-8H,3H2,1-2H3,(H,14,15). The van der Waals surface area contributed by atoms with Crippen molar-refractivity contribution < 1.29 is 0 Å². The van der Waals surface area contributed by atoms with Crippen molar-refractivity contribution in [1.82, 2.24) is 9.55 Å². The fourth-order valence-corrected chi connectivity index (χ4v) is 1.77. The Balaban J connectivity index is 2.26. The summed E-state index contributed by atoms with van der Waals surface area (Å²) < 4.78 is 2.07. The molecule has 4 heteroatoms. The molecule has 0 saturated heterocycles. The first-order chi connectivity index (χ1) is 7.69. The van der Waals surface area contributed by atoms with Crippen LogP contribution in [0.5, 0.6) is 0 Å². The summed E-state index contributed by atoms with van der Waals surface area (Å²) in [5.74, 6) is 0.849. The van der Waals surface area contributed by atoms with E-state index in [9.17, 15) is 0 Å². The number of anilines is 2. The van der Waals surface area contributed by atoms with Gasteiger partial charge in [-0.15, -0.1) is 0 Å². The predicted octanol–water partition coefficient (Wildman–Crippen LogP) is 3.61. The van der Waals surface area contributed by atoms with Gasteiger partial charge in [0.1, 0.15) is 0 Å². The Labute approximate surface area is 100 Å². The quantitative estimate of drug-likeness (QED) is 0.881. The van der Waals surface area contributed by atoms with E-state index in [0.717, 1.165) is 28.9 Å². The first kappa shape index (κ1) is 11.0. The van der Waals surface area contributed by atoms with Gasteiger partial charge < -0.3 is 9.88 Å². The minimum Gasteiger partial charge on any atom is -0.326 e. The van der Waals surface area contributed by atoms with Gasteiger partial charge in [-0.1, -0.05) is 17.7 Å². The van der Waals surface area contributed by atoms with E-state index in [1.54, 1.807) is 0 Å². The van der Waals surface area contributed by atoms with Crippen LogP contribution >= 0.6 is 11.6 Å². The van der Waals surface area contributed by atoms with Gasteiger partial charge in [0.15, 0.2) is 0 Å². The maximum absolute atomic E-state index is 5.92. The molecule has 2 rings (SSSR count). The van der Waals surface area contributed by atoms with Gasteiger partial charge in [-0.2, -0.15) is 0 Å². The van der Waals surface area contributed by atoms with Crippen molar-refractivity contribution in [2.24, 2.45) is 0 Å². The highest BCUT2D eigenvalue weighted by Gasteiger charge is 2.04. The van der Waals surface area contributed by atoms with Crippen LogP contribution in [0.1, 0.15) is 12.6 Å². The molecule has 16 heavy (non-hydrogen) atoms. The minimum absolute atomic E-state index is 0.719. The van der Waals surface area contributed by atoms with Crippen molar-refractivity contribution in [2.45, 2.75) is 20.4 Å². The molecule has 0 aliphatic heterocycles. The molecule has 84 valence electrons. The van der Waals surface area contributed by atoms with Gasteiger partial charge in [-0.3, -0.25) is 0 Å². The number of nitrogens with one attached hydrogen (secondary N) is 1. The van der Waals surface area contributed by atoms with E-state index >= 15 is 0 Å². The number of imidazole rings is 1. The summed E-state index contributed by atoms with van der Waals surface area (Å²) in [5, 5.41) is 3.97. The Morgan fingerprint density at radius 1 is 1.44 bits per heavy atom. The lowest BCUT2D eigenvalue weighted by Crippen LogP contribution is -2.01. The van der Waals surface area contributed by atoms with E-state index in [4.69, 9.17) is 11.6 Å². The summed E-state index contributed by atoms with van der Waals surface area (Å²) >= 11 is 5.92. The average Bonchev–Trinajstić information content (AvgIpc) is 2.59. The lowest BCUT2D eigenvalue weighted by Gasteiger charge is -2.07. The summed E-state index contributed by atoms with van der Waals surface area (Å²) in [5.41, 5.74) is 1.96. The summed E-state index contributed by atoms with van der Waals surface area (Å²) in [4.78, 5) is 4.42. The van der Waals surface area contributed by atoms with Crippen LogP contribution in [-0.4, -0.2) is 9.55 Å². The van der Waals surface area contributed by atoms with Crippen LogP contribution < -0.4 is 5.32 Å². The first-order valence-corrected chi connectivity index (χ1v) is 5.63. The number of benzene rings is 1. The second-order valence-corrected chi connectivity index (χ2v) is 4.06. The van der Waals surface area contributed by atoms with E-state index in [1.165, 1.54) is 0 Å². The van der Waals surface area contributed by atoms with Crippen molar-refractivity contribution in [2.75, 3.05) is 5.32 Å². The molecule has 0 aliphatic carbocycles. The van der Waals surface area contributed by atoms with Gasteiger partial charge in [-0.25, -0.2) is 4.98 Å². The highest BCUT2D eigenvalue weighted by molar-refractivity contribution is 6.30. The van der Waals surface area contributed by atoms with Gasteiger partial charge in [0.2, 0.25) is 5.95 Å². The van der Waals surface area contributed by atoms with Crippen molar-refractivity contribution in [3.63, 3.8) is 0 Å². The Kier molecular flexibility index (Phi) is 3.15. The minimum atomic E-state index is 0.719. The fraction of sp³-hybridized carbons (Fsp3) is 0.250. The predicted molar refractivity (Wildman–Crippen MR) is 67.4 cm³/mol. The molecule has 0 aliphatic rings. The zero-order valence-corrected chi connectivity index (χ0v) is 10.1. The molecular weight excluding hydrogens is 222 g/mol. The van der Waals surface area contributed by atoms with Crippen molar-refractivity contribution in [3.8, 4) is 0 Å². The first-order valence-electron chi connectivity index (χ1n) is 5.25. The van der Waals surface area contributed by atoms with Crippen molar-refractivity contribution in [1.29, 1.82) is 0 Å². The van der Waals surface area contributed by atoms with Crippen LogP contribution in [0.25, 0.3) is 0 Å². The van der Waals surface area contributed by atoms with Crippen LogP contribution in [0.15, 0.2) is 30.5 Å². The van der Waals surface area contributed by atoms with E-state index in [-0.39, 0.29) is 0 Å². The van der Waals surface area contributed by atoms with E-state index < -0.39 is 0 Å². The number of nitrogens with zero attached hydrogens (tertiary/aromatic N) is 2. The average molecular weight is 236 g/mol. The molecule has 0 amide bonds. The van der Waals surface area contributed by atoms with Crippen LogP contribution in [0.3, 0.4) is 0 Å². The van der Waals surface area contributed by atoms with Gasteiger partial charge in [-0.05, 0) is 32.0 Å². The van der Waals surface area contributed by atoms with E-state index in [0.29, 0.717) is 0 Å². The number of rotatable bonds is 3. The second kappa shape index (κ2) is 4.58. The third-order valence-electron chi connectivity index (χ3n) is 2.32. The molecule has 0 atom stereocenters. The van der Waals surface area contributed by atoms with Crippen molar-refractivity contribution in [3.05, 3.63) is 41.2 Å². The molecule has 0 unspecified atom stereocenters. The summed E-state index contributed by atoms with van der Waals surface area (Å²) in [6, 6.07) is 7.61. The molecule has 1 heterocycles. The summed E-state index contributed by atoms with van der Waals surface area (Å²) in [6.07, 6.45) is 2.02. The van der Waals surface area contributed by atoms with Crippen molar-refractivity contribution >= 4 is 23.2 Å². The van der Waals surface area contributed by atoms with Gasteiger partial charge in [0.05, 0.1) is 5.69 Å². The molecule has 3 nitrogen and oxygen atoms in total. The van der Waals surface area contributed by atoms with Gasteiger partial charge in [0, 0.05) is 23.5 Å². The lowest BCUT2D eigenvalue weighted by molar-refractivity contribution is 0.771. The molecule has 0 saturated carbocycles. The summed E-state index contributed by atoms with van der Waals surface area (Å²) in [7, 11) is 0. The SMILES string of the molecule is CCn1cc(C)nc1Nc1cccc(Cl)c1. The third kappa shape index (κ3) is 2.36. The highest BCUT2D eigenvalue weighted by Crippen LogP contribution is 2.19. The second-order valence-electron chi connectivity index (χ2n) is 3.63. The molecule has 0 radical (unpaired) electrons. The maximum Gasteiger partial charge on any atom is 0.207 e. The molecule has 2 aromatic rings. The van der Waals surface area contributed by atoms with Gasteiger partial charge >= 0.3 is 0 Å². The van der Waals surface area contributed by atoms with Crippen LogP contribution in [0.2, 0.25) is 5.02 Å². The van der Waals surface area contributed by atoms with Crippen LogP contribution in [0, 0.1) is 6.92 Å². The van der Waals surface area contributed by atoms with Crippen LogP contribution in [0.4, 0.5) is 11.6 Å². The monoisotopic (exact) mass is 235 g/mol. The number of hydrogen-bond donors (Lipinski definition) is 1. The largest absolute Gasteiger partial charge is 0.326 e. The normalized spacial score (nSPS) is 10.4. The Morgan fingerprint density at radius 3 is 2.94 bits per heavy atom. The third-order valence-corrected chi connectivity index (χ3v) is 2.55. The number of hydrogen-bond acceptors (Lipinski definition) is 2. The van der Waals surface area contributed by atoms with Gasteiger partial charge in [0.25, 0.3) is 0 Å². The topological polar surface area (TPSA) is 29.9 Å². The molecule has 0 fully saturated rings.